The number of carbonyl (C=O) groups is 1. The van der Waals surface area contributed by atoms with Crippen LogP contribution in [-0.4, -0.2) is 29.0 Å². The molecule has 25 heavy (non-hydrogen) atoms. The van der Waals surface area contributed by atoms with Crippen molar-refractivity contribution in [2.75, 3.05) is 13.2 Å². The van der Waals surface area contributed by atoms with Crippen LogP contribution in [0.3, 0.4) is 0 Å². The molecule has 0 heterocycles. The first-order valence-corrected chi connectivity index (χ1v) is 10.7. The van der Waals surface area contributed by atoms with Crippen LogP contribution in [0.1, 0.15) is 80.6 Å². The maximum Gasteiger partial charge on any atom is 0.469 e. The van der Waals surface area contributed by atoms with Gasteiger partial charge in [0.1, 0.15) is 6.61 Å². The van der Waals surface area contributed by atoms with Crippen LogP contribution in [0.5, 0.6) is 0 Å². The fourth-order valence-corrected chi connectivity index (χ4v) is 3.68. The first kappa shape index (κ1) is 24.6. The second kappa shape index (κ2) is 9.50. The van der Waals surface area contributed by atoms with Crippen LogP contribution in [-0.2, 0) is 18.6 Å². The summed E-state index contributed by atoms with van der Waals surface area (Å²) >= 11 is 0. The Bertz CT molecular complexity index is 464. The van der Waals surface area contributed by atoms with Gasteiger partial charge in [-0.1, -0.05) is 54.4 Å². The number of esters is 1. The van der Waals surface area contributed by atoms with Gasteiger partial charge < -0.3 is 14.5 Å². The highest BCUT2D eigenvalue weighted by Gasteiger charge is 2.51. The fraction of sp³-hybridized carbons (Fsp3) is 0.944. The van der Waals surface area contributed by atoms with Crippen molar-refractivity contribution in [2.45, 2.75) is 80.6 Å². The number of hydrogen-bond acceptors (Lipinski definition) is 4. The number of phosphoric ester groups is 1. The smallest absolute Gasteiger partial charge is 0.463 e. The van der Waals surface area contributed by atoms with Crippen molar-refractivity contribution in [3.05, 3.63) is 0 Å². The minimum Gasteiger partial charge on any atom is -0.463 e. The van der Waals surface area contributed by atoms with E-state index in [0.29, 0.717) is 6.42 Å². The summed E-state index contributed by atoms with van der Waals surface area (Å²) in [7, 11) is -4.54. The Morgan fingerprint density at radius 1 is 0.920 bits per heavy atom. The molecule has 1 unspecified atom stereocenters. The number of phosphoric acid groups is 1. The molecular weight excluding hydrogens is 343 g/mol. The van der Waals surface area contributed by atoms with E-state index in [1.807, 2.05) is 6.92 Å². The number of carbonyl (C=O) groups excluding carboxylic acids is 1. The zero-order valence-corrected chi connectivity index (χ0v) is 17.8. The third-order valence-corrected chi connectivity index (χ3v) is 6.93. The highest BCUT2D eigenvalue weighted by Crippen LogP contribution is 2.53. The molecular formula is C18H37O6P. The van der Waals surface area contributed by atoms with E-state index in [9.17, 15) is 9.36 Å². The average Bonchev–Trinajstić information content (AvgIpc) is 2.56. The lowest BCUT2D eigenvalue weighted by Crippen LogP contribution is -2.47. The van der Waals surface area contributed by atoms with Crippen molar-refractivity contribution < 1.29 is 28.4 Å². The highest BCUT2D eigenvalue weighted by molar-refractivity contribution is 7.46. The molecule has 0 amide bonds. The van der Waals surface area contributed by atoms with Gasteiger partial charge in [0, 0.05) is 0 Å². The van der Waals surface area contributed by atoms with E-state index in [1.165, 1.54) is 0 Å². The normalized spacial score (nSPS) is 15.7. The Morgan fingerprint density at radius 2 is 1.40 bits per heavy atom. The van der Waals surface area contributed by atoms with E-state index in [4.69, 9.17) is 14.5 Å². The molecule has 0 aromatic heterocycles. The molecule has 6 nitrogen and oxygen atoms in total. The van der Waals surface area contributed by atoms with E-state index >= 15 is 0 Å². The zero-order valence-electron chi connectivity index (χ0n) is 16.9. The monoisotopic (exact) mass is 380 g/mol. The van der Waals surface area contributed by atoms with Crippen molar-refractivity contribution in [1.82, 2.24) is 0 Å². The molecule has 0 fully saturated rings. The Balaban J connectivity index is 5.38. The quantitative estimate of drug-likeness (QED) is 0.290. The van der Waals surface area contributed by atoms with Crippen LogP contribution < -0.4 is 0 Å². The van der Waals surface area contributed by atoms with Gasteiger partial charge in [-0.05, 0) is 37.0 Å². The summed E-state index contributed by atoms with van der Waals surface area (Å²) < 4.78 is 20.5. The van der Waals surface area contributed by atoms with Crippen LogP contribution in [0.25, 0.3) is 0 Å². The molecule has 2 N–H and O–H groups in total. The molecule has 0 spiro atoms. The number of rotatable bonds is 12. The Hall–Kier alpha value is -0.420. The van der Waals surface area contributed by atoms with Gasteiger partial charge in [-0.25, -0.2) is 4.57 Å². The van der Waals surface area contributed by atoms with Gasteiger partial charge in [0.05, 0.1) is 12.0 Å². The maximum atomic E-state index is 13.0. The summed E-state index contributed by atoms with van der Waals surface area (Å²) in [5.74, 6) is -0.318. The van der Waals surface area contributed by atoms with Crippen LogP contribution in [0.2, 0.25) is 0 Å². The summed E-state index contributed by atoms with van der Waals surface area (Å²) in [5.41, 5.74) is -0.874. The SMILES string of the molecule is CCC(C)(CC)CC(C)(C(=O)OCCOP(=O)(O)O)C(C)(CC)CC. The van der Waals surface area contributed by atoms with Gasteiger partial charge in [0.15, 0.2) is 0 Å². The second-order valence-electron chi connectivity index (χ2n) is 7.75. The zero-order chi connectivity index (χ0) is 19.9. The van der Waals surface area contributed by atoms with Crippen molar-refractivity contribution in [1.29, 1.82) is 0 Å². The average molecular weight is 380 g/mol. The second-order valence-corrected chi connectivity index (χ2v) is 8.99. The summed E-state index contributed by atoms with van der Waals surface area (Å²) in [5, 5.41) is 0. The largest absolute Gasteiger partial charge is 0.469 e. The fourth-order valence-electron chi connectivity index (χ4n) is 3.37. The standard InChI is InChI=1S/C18H37O6P/c1-8-16(5,9-2)14-18(7,17(6,10-3)11-4)15(19)23-12-13-24-25(20,21)22/h8-14H2,1-7H3,(H2,20,21,22). The van der Waals surface area contributed by atoms with E-state index in [1.54, 1.807) is 0 Å². The van der Waals surface area contributed by atoms with Gasteiger partial charge >= 0.3 is 13.8 Å². The molecule has 0 saturated heterocycles. The van der Waals surface area contributed by atoms with Crippen LogP contribution in [0.4, 0.5) is 0 Å². The Kier molecular flexibility index (Phi) is 9.34. The molecule has 0 radical (unpaired) electrons. The molecule has 7 heteroatoms. The maximum absolute atomic E-state index is 13.0. The highest BCUT2D eigenvalue weighted by atomic mass is 31.2. The summed E-state index contributed by atoms with van der Waals surface area (Å²) in [6.07, 6.45) is 4.34. The van der Waals surface area contributed by atoms with Crippen LogP contribution in [0.15, 0.2) is 0 Å². The van der Waals surface area contributed by atoms with Crippen LogP contribution >= 0.6 is 7.82 Å². The van der Waals surface area contributed by atoms with Gasteiger partial charge in [0.2, 0.25) is 0 Å². The van der Waals surface area contributed by atoms with Crippen LogP contribution in [0, 0.1) is 16.2 Å². The van der Waals surface area contributed by atoms with Gasteiger partial charge in [-0.2, -0.15) is 0 Å². The lowest BCUT2D eigenvalue weighted by atomic mass is 9.56. The van der Waals surface area contributed by atoms with E-state index in [-0.39, 0.29) is 30.0 Å². The molecule has 0 aliphatic rings. The van der Waals surface area contributed by atoms with E-state index in [0.717, 1.165) is 25.7 Å². The van der Waals surface area contributed by atoms with E-state index < -0.39 is 13.2 Å². The van der Waals surface area contributed by atoms with Gasteiger partial charge in [-0.15, -0.1) is 0 Å². The topological polar surface area (TPSA) is 93.1 Å². The van der Waals surface area contributed by atoms with Crippen molar-refractivity contribution >= 4 is 13.8 Å². The molecule has 0 saturated carbocycles. The first-order chi connectivity index (χ1) is 11.3. The van der Waals surface area contributed by atoms with E-state index in [2.05, 4.69) is 46.1 Å². The predicted molar refractivity (Wildman–Crippen MR) is 99.1 cm³/mol. The molecule has 0 bridgehead atoms. The number of hydrogen-bond donors (Lipinski definition) is 2. The van der Waals surface area contributed by atoms with Crippen molar-refractivity contribution in [3.63, 3.8) is 0 Å². The summed E-state index contributed by atoms with van der Waals surface area (Å²) in [4.78, 5) is 30.4. The minimum absolute atomic E-state index is 0.0295. The minimum atomic E-state index is -4.54. The van der Waals surface area contributed by atoms with Gasteiger partial charge in [-0.3, -0.25) is 9.32 Å². The first-order valence-electron chi connectivity index (χ1n) is 9.20. The Morgan fingerprint density at radius 3 is 1.76 bits per heavy atom. The third kappa shape index (κ3) is 6.67. The number of ether oxygens (including phenoxy) is 1. The molecule has 0 aromatic carbocycles. The molecule has 0 aliphatic heterocycles. The summed E-state index contributed by atoms with van der Waals surface area (Å²) in [6, 6.07) is 0. The summed E-state index contributed by atoms with van der Waals surface area (Å²) in [6.45, 7) is 14.2. The molecule has 150 valence electrons. The van der Waals surface area contributed by atoms with Gasteiger partial charge in [0.25, 0.3) is 0 Å². The molecule has 0 rings (SSSR count). The third-order valence-electron chi connectivity index (χ3n) is 6.41. The lowest BCUT2D eigenvalue weighted by Gasteiger charge is -2.48. The Labute approximate surface area is 152 Å². The van der Waals surface area contributed by atoms with Crippen molar-refractivity contribution in [3.8, 4) is 0 Å². The molecule has 0 aromatic rings. The molecule has 1 atom stereocenters. The predicted octanol–water partition coefficient (Wildman–Crippen LogP) is 4.69. The molecule has 0 aliphatic carbocycles. The van der Waals surface area contributed by atoms with Crippen molar-refractivity contribution in [2.24, 2.45) is 16.2 Å². The lowest BCUT2D eigenvalue weighted by molar-refractivity contribution is -0.169.